The van der Waals surface area contributed by atoms with Crippen molar-refractivity contribution in [3.05, 3.63) is 0 Å². The van der Waals surface area contributed by atoms with E-state index < -0.39 is 0 Å². The van der Waals surface area contributed by atoms with Crippen LogP contribution in [0, 0.1) is 5.92 Å². The van der Waals surface area contributed by atoms with E-state index in [1.165, 1.54) is 38.8 Å². The van der Waals surface area contributed by atoms with Gasteiger partial charge in [0.1, 0.15) is 0 Å². The van der Waals surface area contributed by atoms with Gasteiger partial charge in [-0.1, -0.05) is 13.3 Å². The monoisotopic (exact) mass is 169 g/mol. The molecule has 1 fully saturated rings. The Morgan fingerprint density at radius 3 is 2.33 bits per heavy atom. The molecule has 0 aromatic carbocycles. The zero-order valence-electron chi connectivity index (χ0n) is 8.84. The fourth-order valence-electron chi connectivity index (χ4n) is 1.85. The standard InChI is InChI=1S/C11H23N/c1-4-8-12(10(2)3)9-11-6-5-7-11/h10-11H,4-9H2,1-3H3. The molecule has 12 heavy (non-hydrogen) atoms. The molecule has 0 bridgehead atoms. The largest absolute Gasteiger partial charge is 0.301 e. The topological polar surface area (TPSA) is 3.24 Å². The van der Waals surface area contributed by atoms with Gasteiger partial charge in [0.05, 0.1) is 0 Å². The average Bonchev–Trinajstić information content (AvgIpc) is 1.93. The van der Waals surface area contributed by atoms with Gasteiger partial charge in [-0.25, -0.2) is 0 Å². The van der Waals surface area contributed by atoms with Crippen molar-refractivity contribution in [2.45, 2.75) is 52.5 Å². The van der Waals surface area contributed by atoms with E-state index in [1.807, 2.05) is 0 Å². The van der Waals surface area contributed by atoms with Crippen molar-refractivity contribution in [3.63, 3.8) is 0 Å². The Balaban J connectivity index is 2.21. The lowest BCUT2D eigenvalue weighted by Gasteiger charge is -2.34. The summed E-state index contributed by atoms with van der Waals surface area (Å²) in [7, 11) is 0. The molecule has 1 aliphatic carbocycles. The third-order valence-electron chi connectivity index (χ3n) is 2.96. The van der Waals surface area contributed by atoms with E-state index in [2.05, 4.69) is 25.7 Å². The quantitative estimate of drug-likeness (QED) is 0.611. The van der Waals surface area contributed by atoms with Gasteiger partial charge in [-0.15, -0.1) is 0 Å². The Morgan fingerprint density at radius 2 is 2.00 bits per heavy atom. The second-order valence-corrected chi connectivity index (χ2v) is 4.39. The lowest BCUT2D eigenvalue weighted by atomic mass is 9.85. The molecule has 0 saturated heterocycles. The molecule has 72 valence electrons. The molecule has 1 saturated carbocycles. The third kappa shape index (κ3) is 2.78. The predicted molar refractivity (Wildman–Crippen MR) is 54.3 cm³/mol. The van der Waals surface area contributed by atoms with E-state index in [-0.39, 0.29) is 0 Å². The normalized spacial score (nSPS) is 18.8. The van der Waals surface area contributed by atoms with Crippen molar-refractivity contribution in [2.24, 2.45) is 5.92 Å². The van der Waals surface area contributed by atoms with Crippen LogP contribution >= 0.6 is 0 Å². The fraction of sp³-hybridized carbons (Fsp3) is 1.00. The highest BCUT2D eigenvalue weighted by atomic mass is 15.1. The average molecular weight is 169 g/mol. The maximum Gasteiger partial charge on any atom is 0.00387 e. The summed E-state index contributed by atoms with van der Waals surface area (Å²) >= 11 is 0. The molecule has 1 nitrogen and oxygen atoms in total. The van der Waals surface area contributed by atoms with E-state index in [4.69, 9.17) is 0 Å². The Morgan fingerprint density at radius 1 is 1.33 bits per heavy atom. The van der Waals surface area contributed by atoms with Crippen molar-refractivity contribution < 1.29 is 0 Å². The molecule has 0 radical (unpaired) electrons. The van der Waals surface area contributed by atoms with Crippen molar-refractivity contribution in [1.29, 1.82) is 0 Å². The van der Waals surface area contributed by atoms with Gasteiger partial charge in [-0.3, -0.25) is 0 Å². The predicted octanol–water partition coefficient (Wildman–Crippen LogP) is 2.91. The third-order valence-corrected chi connectivity index (χ3v) is 2.96. The van der Waals surface area contributed by atoms with Crippen molar-refractivity contribution in [2.75, 3.05) is 13.1 Å². The first kappa shape index (κ1) is 10.0. The molecule has 0 spiro atoms. The maximum absolute atomic E-state index is 2.63. The summed E-state index contributed by atoms with van der Waals surface area (Å²) in [6.45, 7) is 9.54. The molecule has 0 heterocycles. The zero-order chi connectivity index (χ0) is 8.97. The van der Waals surface area contributed by atoms with Crippen LogP contribution in [0.15, 0.2) is 0 Å². The molecule has 0 aliphatic heterocycles. The molecule has 0 aromatic heterocycles. The second-order valence-electron chi connectivity index (χ2n) is 4.39. The van der Waals surface area contributed by atoms with Crippen LogP contribution in [0.25, 0.3) is 0 Å². The summed E-state index contributed by atoms with van der Waals surface area (Å²) in [5.74, 6) is 1.03. The van der Waals surface area contributed by atoms with Crippen molar-refractivity contribution >= 4 is 0 Å². The molecule has 1 aliphatic rings. The van der Waals surface area contributed by atoms with Crippen LogP contribution in [0.4, 0.5) is 0 Å². The summed E-state index contributed by atoms with van der Waals surface area (Å²) in [4.78, 5) is 2.63. The first-order valence-electron chi connectivity index (χ1n) is 5.48. The van der Waals surface area contributed by atoms with E-state index in [1.54, 1.807) is 0 Å². The minimum absolute atomic E-state index is 0.741. The molecule has 1 heteroatoms. The summed E-state index contributed by atoms with van der Waals surface area (Å²) in [5, 5.41) is 0. The Labute approximate surface area is 77.1 Å². The molecule has 0 unspecified atom stereocenters. The smallest absolute Gasteiger partial charge is 0.00387 e. The van der Waals surface area contributed by atoms with Gasteiger partial charge in [0.15, 0.2) is 0 Å². The SMILES string of the molecule is CCCN(CC1CCC1)C(C)C. The van der Waals surface area contributed by atoms with Crippen molar-refractivity contribution in [3.8, 4) is 0 Å². The van der Waals surface area contributed by atoms with Crippen LogP contribution in [0.3, 0.4) is 0 Å². The highest BCUT2D eigenvalue weighted by Crippen LogP contribution is 2.27. The number of rotatable bonds is 5. The van der Waals surface area contributed by atoms with Gasteiger partial charge in [-0.2, -0.15) is 0 Å². The van der Waals surface area contributed by atoms with E-state index in [0.717, 1.165) is 12.0 Å². The maximum atomic E-state index is 2.63. The van der Waals surface area contributed by atoms with Crippen molar-refractivity contribution in [1.82, 2.24) is 4.90 Å². The Bertz CT molecular complexity index is 116. The Kier molecular flexibility index (Phi) is 4.07. The minimum atomic E-state index is 0.741. The van der Waals surface area contributed by atoms with Crippen LogP contribution in [0.1, 0.15) is 46.5 Å². The van der Waals surface area contributed by atoms with Gasteiger partial charge >= 0.3 is 0 Å². The van der Waals surface area contributed by atoms with Gasteiger partial charge in [0.2, 0.25) is 0 Å². The molecular weight excluding hydrogens is 146 g/mol. The summed E-state index contributed by atoms with van der Waals surface area (Å²) in [6.07, 6.45) is 5.73. The van der Waals surface area contributed by atoms with Crippen LogP contribution in [-0.4, -0.2) is 24.0 Å². The number of hydrogen-bond donors (Lipinski definition) is 0. The molecule has 0 amide bonds. The van der Waals surface area contributed by atoms with Gasteiger partial charge in [0, 0.05) is 12.6 Å². The Hall–Kier alpha value is -0.0400. The number of nitrogens with zero attached hydrogens (tertiary/aromatic N) is 1. The first-order chi connectivity index (χ1) is 5.74. The van der Waals surface area contributed by atoms with Gasteiger partial charge in [-0.05, 0) is 45.6 Å². The zero-order valence-corrected chi connectivity index (χ0v) is 8.84. The lowest BCUT2D eigenvalue weighted by molar-refractivity contribution is 0.147. The lowest BCUT2D eigenvalue weighted by Crippen LogP contribution is -2.37. The minimum Gasteiger partial charge on any atom is -0.301 e. The highest BCUT2D eigenvalue weighted by molar-refractivity contribution is 4.75. The van der Waals surface area contributed by atoms with Crippen LogP contribution in [0.2, 0.25) is 0 Å². The van der Waals surface area contributed by atoms with Crippen LogP contribution in [-0.2, 0) is 0 Å². The number of hydrogen-bond acceptors (Lipinski definition) is 1. The fourth-order valence-corrected chi connectivity index (χ4v) is 1.85. The van der Waals surface area contributed by atoms with Gasteiger partial charge in [0.25, 0.3) is 0 Å². The summed E-state index contributed by atoms with van der Waals surface area (Å²) in [5.41, 5.74) is 0. The molecule has 0 atom stereocenters. The summed E-state index contributed by atoms with van der Waals surface area (Å²) < 4.78 is 0. The first-order valence-corrected chi connectivity index (χ1v) is 5.48. The van der Waals surface area contributed by atoms with E-state index in [0.29, 0.717) is 0 Å². The molecule has 1 rings (SSSR count). The molecule has 0 aromatic rings. The second kappa shape index (κ2) is 4.86. The molecule has 0 N–H and O–H groups in total. The van der Waals surface area contributed by atoms with E-state index >= 15 is 0 Å². The summed E-state index contributed by atoms with van der Waals surface area (Å²) in [6, 6.07) is 0.741. The highest BCUT2D eigenvalue weighted by Gasteiger charge is 2.21. The van der Waals surface area contributed by atoms with Gasteiger partial charge < -0.3 is 4.90 Å². The van der Waals surface area contributed by atoms with Crippen LogP contribution < -0.4 is 0 Å². The molecular formula is C11H23N. The van der Waals surface area contributed by atoms with Crippen LogP contribution in [0.5, 0.6) is 0 Å². The van der Waals surface area contributed by atoms with E-state index in [9.17, 15) is 0 Å².